The van der Waals surface area contributed by atoms with E-state index in [2.05, 4.69) is 181 Å². The Balaban J connectivity index is 1.10. The molecule has 1 aliphatic rings. The fourth-order valence-corrected chi connectivity index (χ4v) is 9.04. The number of furan rings is 1. The van der Waals surface area contributed by atoms with Gasteiger partial charge in [-0.2, -0.15) is 0 Å². The molecule has 0 fully saturated rings. The number of hydrogen-bond acceptors (Lipinski definition) is 4. The van der Waals surface area contributed by atoms with Crippen molar-refractivity contribution in [1.82, 2.24) is 19.5 Å². The lowest BCUT2D eigenvalue weighted by Crippen LogP contribution is -2.05. The summed E-state index contributed by atoms with van der Waals surface area (Å²) in [5, 5.41) is 6.89. The third kappa shape index (κ3) is 5.66. The first kappa shape index (κ1) is 34.2. The molecule has 0 bridgehead atoms. The minimum atomic E-state index is 0.572. The smallest absolute Gasteiger partial charge is 0.167 e. The molecule has 5 nitrogen and oxygen atoms in total. The zero-order valence-corrected chi connectivity index (χ0v) is 32.6. The predicted molar refractivity (Wildman–Crippen MR) is 247 cm³/mol. The molecule has 12 rings (SSSR count). The maximum absolute atomic E-state index is 6.90. The number of hydrogen-bond donors (Lipinski definition) is 0. The summed E-state index contributed by atoms with van der Waals surface area (Å²) in [5.74, 6) is 1.86. The Labute approximate surface area is 346 Å². The lowest BCUT2D eigenvalue weighted by molar-refractivity contribution is 0.669. The normalized spacial score (nSPS) is 13.1. The second-order valence-electron chi connectivity index (χ2n) is 15.5. The van der Waals surface area contributed by atoms with Crippen molar-refractivity contribution in [3.8, 4) is 39.6 Å². The van der Waals surface area contributed by atoms with Gasteiger partial charge in [0.1, 0.15) is 11.2 Å². The van der Waals surface area contributed by atoms with Crippen molar-refractivity contribution in [2.75, 3.05) is 0 Å². The third-order valence-electron chi connectivity index (χ3n) is 12.0. The molecule has 0 unspecified atom stereocenters. The van der Waals surface area contributed by atoms with Crippen LogP contribution in [0.2, 0.25) is 0 Å². The Morgan fingerprint density at radius 2 is 1.05 bits per heavy atom. The summed E-state index contributed by atoms with van der Waals surface area (Å²) < 4.78 is 9.30. The van der Waals surface area contributed by atoms with Crippen molar-refractivity contribution in [2.45, 2.75) is 12.8 Å². The SMILES string of the molecule is C1=C(c2ccccc2)CCC(c2nc(-c3cccc(-c4ccccc4)c3)nc(-c3ccc(-n4c5ccccc5c5cc6ccccc6cc54)c4c3oc3ccccc34)n2)=C1. The highest BCUT2D eigenvalue weighted by molar-refractivity contribution is 6.18. The first-order valence-electron chi connectivity index (χ1n) is 20.5. The van der Waals surface area contributed by atoms with Gasteiger partial charge >= 0.3 is 0 Å². The van der Waals surface area contributed by atoms with Crippen molar-refractivity contribution in [3.05, 3.63) is 206 Å². The van der Waals surface area contributed by atoms with Gasteiger partial charge in [0, 0.05) is 21.7 Å². The molecule has 0 spiro atoms. The Kier molecular flexibility index (Phi) is 7.91. The molecular weight excluding hydrogens is 733 g/mol. The van der Waals surface area contributed by atoms with Crippen molar-refractivity contribution in [2.24, 2.45) is 0 Å². The number of benzene rings is 8. The summed E-state index contributed by atoms with van der Waals surface area (Å²) in [6, 6.07) is 64.1. The van der Waals surface area contributed by atoms with Crippen LogP contribution in [0.15, 0.2) is 199 Å². The maximum atomic E-state index is 6.90. The van der Waals surface area contributed by atoms with Gasteiger partial charge in [-0.05, 0) is 93.9 Å². The van der Waals surface area contributed by atoms with E-state index in [4.69, 9.17) is 19.4 Å². The van der Waals surface area contributed by atoms with E-state index in [9.17, 15) is 0 Å². The average Bonchev–Trinajstić information content (AvgIpc) is 3.87. The molecule has 0 aliphatic heterocycles. The van der Waals surface area contributed by atoms with Gasteiger partial charge in [-0.3, -0.25) is 0 Å². The van der Waals surface area contributed by atoms with Crippen molar-refractivity contribution in [1.29, 1.82) is 0 Å². The van der Waals surface area contributed by atoms with Crippen LogP contribution in [0.1, 0.15) is 24.2 Å². The van der Waals surface area contributed by atoms with Gasteiger partial charge in [0.15, 0.2) is 17.5 Å². The van der Waals surface area contributed by atoms with E-state index < -0.39 is 0 Å². The van der Waals surface area contributed by atoms with Crippen LogP contribution in [0.25, 0.3) is 105 Å². The number of para-hydroxylation sites is 2. The largest absolute Gasteiger partial charge is 0.455 e. The molecule has 8 aromatic carbocycles. The van der Waals surface area contributed by atoms with Gasteiger partial charge in [-0.1, -0.05) is 152 Å². The molecule has 11 aromatic rings. The Hall–Kier alpha value is -7.89. The lowest BCUT2D eigenvalue weighted by atomic mass is 9.93. The highest BCUT2D eigenvalue weighted by Crippen LogP contribution is 2.43. The van der Waals surface area contributed by atoms with E-state index in [0.717, 1.165) is 79.3 Å². The Bertz CT molecular complexity index is 3540. The third-order valence-corrected chi connectivity index (χ3v) is 12.0. The minimum absolute atomic E-state index is 0.572. The summed E-state index contributed by atoms with van der Waals surface area (Å²) in [6.07, 6.45) is 6.11. The quantitative estimate of drug-likeness (QED) is 0.169. The van der Waals surface area contributed by atoms with E-state index in [1.165, 1.54) is 32.7 Å². The summed E-state index contributed by atoms with van der Waals surface area (Å²) in [4.78, 5) is 15.8. The Morgan fingerprint density at radius 1 is 0.417 bits per heavy atom. The number of rotatable bonds is 6. The monoisotopic (exact) mass is 768 g/mol. The van der Waals surface area contributed by atoms with Crippen molar-refractivity contribution >= 4 is 65.7 Å². The highest BCUT2D eigenvalue weighted by atomic mass is 16.3. The van der Waals surface area contributed by atoms with E-state index in [0.29, 0.717) is 17.5 Å². The van der Waals surface area contributed by atoms with Crippen LogP contribution >= 0.6 is 0 Å². The number of fused-ring (bicyclic) bond motifs is 7. The molecule has 0 radical (unpaired) electrons. The molecule has 0 N–H and O–H groups in total. The lowest BCUT2D eigenvalue weighted by Gasteiger charge is -2.16. The van der Waals surface area contributed by atoms with Crippen LogP contribution < -0.4 is 0 Å². The summed E-state index contributed by atoms with van der Waals surface area (Å²) in [7, 11) is 0. The van der Waals surface area contributed by atoms with Gasteiger partial charge in [-0.15, -0.1) is 0 Å². The fourth-order valence-electron chi connectivity index (χ4n) is 9.04. The van der Waals surface area contributed by atoms with Crippen LogP contribution in [0.4, 0.5) is 0 Å². The zero-order chi connectivity index (χ0) is 39.6. The van der Waals surface area contributed by atoms with Gasteiger partial charge in [0.25, 0.3) is 0 Å². The number of aromatic nitrogens is 4. The van der Waals surface area contributed by atoms with Crippen molar-refractivity contribution < 1.29 is 4.42 Å². The van der Waals surface area contributed by atoms with E-state index >= 15 is 0 Å². The summed E-state index contributed by atoms with van der Waals surface area (Å²) >= 11 is 0. The number of allylic oxidation sites excluding steroid dienone is 4. The van der Waals surface area contributed by atoms with Gasteiger partial charge in [0.05, 0.1) is 27.7 Å². The van der Waals surface area contributed by atoms with Crippen LogP contribution in [0.3, 0.4) is 0 Å². The van der Waals surface area contributed by atoms with E-state index in [1.54, 1.807) is 0 Å². The van der Waals surface area contributed by atoms with Crippen LogP contribution in [0.5, 0.6) is 0 Å². The highest BCUT2D eigenvalue weighted by Gasteiger charge is 2.24. The maximum Gasteiger partial charge on any atom is 0.167 e. The van der Waals surface area contributed by atoms with Gasteiger partial charge in [-0.25, -0.2) is 15.0 Å². The van der Waals surface area contributed by atoms with Gasteiger partial charge < -0.3 is 8.98 Å². The molecule has 0 saturated heterocycles. The zero-order valence-electron chi connectivity index (χ0n) is 32.6. The van der Waals surface area contributed by atoms with E-state index in [1.807, 2.05) is 18.2 Å². The standard InChI is InChI=1S/C55H36N4O/c1-3-14-35(15-4-1)37-26-28-38(29-27-37)53-56-54(42-21-13-20-39(32-42)36-16-5-2-6-17-36)58-55(57-53)45-30-31-48(51-44-23-10-12-25-50(44)60-52(45)51)59-47-24-11-9-22-43(47)46-33-40-18-7-8-19-41(40)34-49(46)59/h1-26,28,30-34H,27,29H2. The Morgan fingerprint density at radius 3 is 1.87 bits per heavy atom. The van der Waals surface area contributed by atoms with Crippen LogP contribution in [0, 0.1) is 0 Å². The summed E-state index contributed by atoms with van der Waals surface area (Å²) in [6.45, 7) is 0. The topological polar surface area (TPSA) is 56.7 Å². The average molecular weight is 769 g/mol. The molecule has 0 atom stereocenters. The summed E-state index contributed by atoms with van der Waals surface area (Å²) in [5.41, 5.74) is 12.5. The molecule has 3 heterocycles. The molecule has 0 amide bonds. The molecule has 282 valence electrons. The molecular formula is C55H36N4O. The minimum Gasteiger partial charge on any atom is -0.455 e. The second-order valence-corrected chi connectivity index (χ2v) is 15.5. The van der Waals surface area contributed by atoms with Crippen molar-refractivity contribution in [3.63, 3.8) is 0 Å². The van der Waals surface area contributed by atoms with Gasteiger partial charge in [0.2, 0.25) is 0 Å². The first-order valence-corrected chi connectivity index (χ1v) is 20.5. The first-order chi connectivity index (χ1) is 29.7. The molecule has 60 heavy (non-hydrogen) atoms. The van der Waals surface area contributed by atoms with Crippen LogP contribution in [-0.2, 0) is 0 Å². The second kappa shape index (κ2) is 13.9. The fraction of sp³-hybridized carbons (Fsp3) is 0.0364. The number of nitrogens with zero attached hydrogens (tertiary/aromatic N) is 4. The predicted octanol–water partition coefficient (Wildman–Crippen LogP) is 14.3. The van der Waals surface area contributed by atoms with Crippen LogP contribution in [-0.4, -0.2) is 19.5 Å². The van der Waals surface area contributed by atoms with E-state index in [-0.39, 0.29) is 0 Å². The molecule has 3 aromatic heterocycles. The molecule has 0 saturated carbocycles. The molecule has 5 heteroatoms. The molecule has 1 aliphatic carbocycles.